The zero-order chi connectivity index (χ0) is 14.3. The van der Waals surface area contributed by atoms with Gasteiger partial charge in [0.05, 0.1) is 5.02 Å². The van der Waals surface area contributed by atoms with E-state index in [1.54, 1.807) is 18.2 Å². The lowest BCUT2D eigenvalue weighted by atomic mass is 10.2. The molecule has 0 atom stereocenters. The van der Waals surface area contributed by atoms with Crippen LogP contribution in [0.4, 0.5) is 0 Å². The van der Waals surface area contributed by atoms with Crippen molar-refractivity contribution in [3.63, 3.8) is 0 Å². The molecule has 1 aromatic rings. The number of hydrogen-bond acceptors (Lipinski definition) is 3. The van der Waals surface area contributed by atoms with Crippen molar-refractivity contribution in [1.82, 2.24) is 5.32 Å². The van der Waals surface area contributed by atoms with Crippen LogP contribution in [-0.4, -0.2) is 23.5 Å². The summed E-state index contributed by atoms with van der Waals surface area (Å²) in [5, 5.41) is 14.6. The third-order valence-electron chi connectivity index (χ3n) is 2.46. The number of oxime groups is 1. The Morgan fingerprint density at radius 3 is 2.84 bits per heavy atom. The molecule has 0 aliphatic heterocycles. The van der Waals surface area contributed by atoms with Crippen LogP contribution in [0.15, 0.2) is 23.4 Å². The summed E-state index contributed by atoms with van der Waals surface area (Å²) in [4.78, 5) is 11.8. The van der Waals surface area contributed by atoms with E-state index in [9.17, 15) is 4.79 Å². The van der Waals surface area contributed by atoms with Gasteiger partial charge in [-0.1, -0.05) is 16.8 Å². The topological polar surface area (TPSA) is 87.7 Å². The number of amidine groups is 1. The zero-order valence-corrected chi connectivity index (χ0v) is 13.1. The molecule has 0 aromatic heterocycles. The highest BCUT2D eigenvalue weighted by atomic mass is 127. The fraction of sp³-hybridized carbons (Fsp3) is 0.333. The van der Waals surface area contributed by atoms with Crippen LogP contribution in [0.25, 0.3) is 0 Å². The smallest absolute Gasteiger partial charge is 0.251 e. The van der Waals surface area contributed by atoms with Crippen molar-refractivity contribution in [1.29, 1.82) is 0 Å². The summed E-state index contributed by atoms with van der Waals surface area (Å²) in [6.45, 7) is 0.543. The summed E-state index contributed by atoms with van der Waals surface area (Å²) >= 11 is 8.06. The molecule has 0 radical (unpaired) electrons. The molecular weight excluding hydrogens is 381 g/mol. The van der Waals surface area contributed by atoms with Crippen LogP contribution < -0.4 is 11.1 Å². The van der Waals surface area contributed by atoms with Crippen LogP contribution >= 0.6 is 34.2 Å². The maximum atomic E-state index is 11.8. The van der Waals surface area contributed by atoms with Crippen molar-refractivity contribution in [3.8, 4) is 0 Å². The van der Waals surface area contributed by atoms with Crippen molar-refractivity contribution in [2.45, 2.75) is 19.3 Å². The van der Waals surface area contributed by atoms with E-state index in [4.69, 9.17) is 22.5 Å². The minimum atomic E-state index is -0.151. The number of hydrogen-bond donors (Lipinski definition) is 3. The van der Waals surface area contributed by atoms with Crippen molar-refractivity contribution in [2.75, 3.05) is 6.54 Å². The summed E-state index contributed by atoms with van der Waals surface area (Å²) in [6.07, 6.45) is 2.03. The molecule has 5 nitrogen and oxygen atoms in total. The summed E-state index contributed by atoms with van der Waals surface area (Å²) in [5.74, 6) is 0.0536. The Bertz CT molecular complexity index is 480. The van der Waals surface area contributed by atoms with E-state index < -0.39 is 0 Å². The highest BCUT2D eigenvalue weighted by molar-refractivity contribution is 14.1. The van der Waals surface area contributed by atoms with E-state index in [-0.39, 0.29) is 11.7 Å². The first-order valence-corrected chi connectivity index (χ1v) is 7.20. The van der Waals surface area contributed by atoms with Gasteiger partial charge in [-0.25, -0.2) is 0 Å². The fourth-order valence-corrected chi connectivity index (χ4v) is 1.94. The molecule has 7 heteroatoms. The number of carbonyl (C=O) groups excluding carboxylic acids is 1. The van der Waals surface area contributed by atoms with Gasteiger partial charge in [-0.15, -0.1) is 0 Å². The fourth-order valence-electron chi connectivity index (χ4n) is 1.42. The van der Waals surface area contributed by atoms with Crippen LogP contribution in [0.1, 0.15) is 29.6 Å². The highest BCUT2D eigenvalue weighted by Gasteiger charge is 2.07. The summed E-state index contributed by atoms with van der Waals surface area (Å²) in [5.41, 5.74) is 5.88. The number of rotatable bonds is 6. The number of nitrogens with one attached hydrogen (secondary N) is 1. The molecule has 1 aromatic carbocycles. The largest absolute Gasteiger partial charge is 0.409 e. The second kappa shape index (κ2) is 8.21. The second-order valence-electron chi connectivity index (χ2n) is 3.93. The zero-order valence-electron chi connectivity index (χ0n) is 10.2. The van der Waals surface area contributed by atoms with Crippen LogP contribution in [0.5, 0.6) is 0 Å². The van der Waals surface area contributed by atoms with E-state index in [0.29, 0.717) is 23.6 Å². The van der Waals surface area contributed by atoms with Gasteiger partial charge in [0, 0.05) is 22.1 Å². The van der Waals surface area contributed by atoms with Gasteiger partial charge in [0.1, 0.15) is 5.84 Å². The number of benzene rings is 1. The monoisotopic (exact) mass is 395 g/mol. The minimum absolute atomic E-state index is 0.151. The maximum Gasteiger partial charge on any atom is 0.251 e. The Kier molecular flexibility index (Phi) is 6.93. The molecule has 0 spiro atoms. The molecule has 1 rings (SSSR count). The van der Waals surface area contributed by atoms with Crippen molar-refractivity contribution in [2.24, 2.45) is 10.9 Å². The molecule has 0 aliphatic rings. The predicted molar refractivity (Wildman–Crippen MR) is 83.8 cm³/mol. The first-order valence-electron chi connectivity index (χ1n) is 5.74. The van der Waals surface area contributed by atoms with E-state index in [2.05, 4.69) is 33.1 Å². The molecule has 0 unspecified atom stereocenters. The molecule has 0 bridgehead atoms. The van der Waals surface area contributed by atoms with Crippen LogP contribution in [0.2, 0.25) is 5.02 Å². The van der Waals surface area contributed by atoms with Crippen molar-refractivity contribution < 1.29 is 10.0 Å². The van der Waals surface area contributed by atoms with Crippen LogP contribution in [-0.2, 0) is 0 Å². The number of halogens is 2. The normalized spacial score (nSPS) is 11.4. The van der Waals surface area contributed by atoms with Crippen LogP contribution in [0.3, 0.4) is 0 Å². The lowest BCUT2D eigenvalue weighted by Crippen LogP contribution is -2.24. The van der Waals surface area contributed by atoms with Gasteiger partial charge in [-0.3, -0.25) is 4.79 Å². The van der Waals surface area contributed by atoms with Gasteiger partial charge in [-0.2, -0.15) is 0 Å². The standard InChI is InChI=1S/C12H15ClIN3O2/c13-9-7-8(4-5-10(9)14)12(18)16-6-2-1-3-11(15)17-19/h4-5,7,19H,1-3,6H2,(H2,15,17)(H,16,18). The lowest BCUT2D eigenvalue weighted by Gasteiger charge is -2.06. The Balaban J connectivity index is 2.33. The quantitative estimate of drug-likeness (QED) is 0.173. The van der Waals surface area contributed by atoms with Gasteiger partial charge in [0.25, 0.3) is 5.91 Å². The SMILES string of the molecule is N/C(CCCCNC(=O)c1ccc(I)c(Cl)c1)=N/O. The molecule has 19 heavy (non-hydrogen) atoms. The Morgan fingerprint density at radius 1 is 1.47 bits per heavy atom. The number of carbonyl (C=O) groups is 1. The first kappa shape index (κ1) is 16.0. The number of nitrogens with zero attached hydrogens (tertiary/aromatic N) is 1. The molecule has 0 fully saturated rings. The van der Waals surface area contributed by atoms with Gasteiger partial charge in [0.2, 0.25) is 0 Å². The van der Waals surface area contributed by atoms with Gasteiger partial charge in [0.15, 0.2) is 0 Å². The van der Waals surface area contributed by atoms with E-state index in [0.717, 1.165) is 16.4 Å². The number of amides is 1. The van der Waals surface area contributed by atoms with Gasteiger partial charge < -0.3 is 16.3 Å². The van der Waals surface area contributed by atoms with Crippen LogP contribution in [0, 0.1) is 3.57 Å². The minimum Gasteiger partial charge on any atom is -0.409 e. The van der Waals surface area contributed by atoms with Gasteiger partial charge in [-0.05, 0) is 53.6 Å². The molecule has 0 heterocycles. The molecule has 0 aliphatic carbocycles. The Hall–Kier alpha value is -1.02. The number of unbranched alkanes of at least 4 members (excludes halogenated alkanes) is 1. The summed E-state index contributed by atoms with van der Waals surface area (Å²) < 4.78 is 0.912. The number of nitrogens with two attached hydrogens (primary N) is 1. The molecule has 1 amide bonds. The van der Waals surface area contributed by atoms with Crippen molar-refractivity contribution >= 4 is 45.9 Å². The lowest BCUT2D eigenvalue weighted by molar-refractivity contribution is 0.0953. The summed E-state index contributed by atoms with van der Waals surface area (Å²) in [6, 6.07) is 5.19. The van der Waals surface area contributed by atoms with E-state index in [1.165, 1.54) is 0 Å². The molecule has 0 saturated heterocycles. The first-order chi connectivity index (χ1) is 9.04. The average Bonchev–Trinajstić information content (AvgIpc) is 2.40. The molecule has 0 saturated carbocycles. The molecule has 104 valence electrons. The third-order valence-corrected chi connectivity index (χ3v) is 4.03. The molecular formula is C12H15ClIN3O2. The average molecular weight is 396 g/mol. The Morgan fingerprint density at radius 2 is 2.21 bits per heavy atom. The van der Waals surface area contributed by atoms with E-state index in [1.807, 2.05) is 0 Å². The summed E-state index contributed by atoms with van der Waals surface area (Å²) in [7, 11) is 0. The van der Waals surface area contributed by atoms with Gasteiger partial charge >= 0.3 is 0 Å². The Labute approximate surface area is 130 Å². The van der Waals surface area contributed by atoms with Crippen molar-refractivity contribution in [3.05, 3.63) is 32.4 Å². The maximum absolute atomic E-state index is 11.8. The molecule has 4 N–H and O–H groups in total. The predicted octanol–water partition coefficient (Wildman–Crippen LogP) is 2.59. The second-order valence-corrected chi connectivity index (χ2v) is 5.50. The highest BCUT2D eigenvalue weighted by Crippen LogP contribution is 2.19. The van der Waals surface area contributed by atoms with E-state index >= 15 is 0 Å². The third kappa shape index (κ3) is 5.65.